The second kappa shape index (κ2) is 7.57. The van der Waals surface area contributed by atoms with Crippen molar-refractivity contribution < 1.29 is 9.21 Å². The molecule has 0 bridgehead atoms. The number of thiazole rings is 1. The molecule has 10 heteroatoms. The van der Waals surface area contributed by atoms with Crippen LogP contribution in [0.4, 0.5) is 5.13 Å². The summed E-state index contributed by atoms with van der Waals surface area (Å²) in [6, 6.07) is 7.31. The standard InChI is InChI=1S/C18H16ClN5O2S2/c1-9-8-27-17(20-9)21-16(25)10(2)28-18-23-22-15(24(18)3)14-7-11-6-12(19)4-5-13(11)26-14/h4-8,10H,1-3H3,(H,20,21,25). The van der Waals surface area contributed by atoms with E-state index in [1.165, 1.54) is 23.1 Å². The predicted octanol–water partition coefficient (Wildman–Crippen LogP) is 4.77. The molecule has 28 heavy (non-hydrogen) atoms. The zero-order chi connectivity index (χ0) is 19.8. The van der Waals surface area contributed by atoms with Crippen LogP contribution in [0.3, 0.4) is 0 Å². The highest BCUT2D eigenvalue weighted by molar-refractivity contribution is 8.00. The summed E-state index contributed by atoms with van der Waals surface area (Å²) >= 11 is 8.76. The van der Waals surface area contributed by atoms with Crippen LogP contribution in [-0.4, -0.2) is 30.9 Å². The molecule has 3 heterocycles. The summed E-state index contributed by atoms with van der Waals surface area (Å²) in [5.41, 5.74) is 1.61. The van der Waals surface area contributed by atoms with Gasteiger partial charge in [0.15, 0.2) is 21.9 Å². The summed E-state index contributed by atoms with van der Waals surface area (Å²) < 4.78 is 7.67. The number of fused-ring (bicyclic) bond motifs is 1. The van der Waals surface area contributed by atoms with E-state index >= 15 is 0 Å². The molecule has 1 aromatic carbocycles. The first-order chi connectivity index (χ1) is 13.4. The lowest BCUT2D eigenvalue weighted by Crippen LogP contribution is -2.22. The largest absolute Gasteiger partial charge is 0.453 e. The number of thioether (sulfide) groups is 1. The van der Waals surface area contributed by atoms with Gasteiger partial charge < -0.3 is 14.3 Å². The van der Waals surface area contributed by atoms with Crippen molar-refractivity contribution in [3.8, 4) is 11.6 Å². The number of carbonyl (C=O) groups is 1. The molecule has 4 aromatic rings. The maximum atomic E-state index is 12.4. The maximum Gasteiger partial charge on any atom is 0.239 e. The minimum Gasteiger partial charge on any atom is -0.453 e. The van der Waals surface area contributed by atoms with Crippen LogP contribution in [-0.2, 0) is 11.8 Å². The van der Waals surface area contributed by atoms with E-state index in [9.17, 15) is 4.79 Å². The number of halogens is 1. The smallest absolute Gasteiger partial charge is 0.239 e. The van der Waals surface area contributed by atoms with Crippen molar-refractivity contribution in [2.75, 3.05) is 5.32 Å². The van der Waals surface area contributed by atoms with Gasteiger partial charge in [0.05, 0.1) is 10.9 Å². The van der Waals surface area contributed by atoms with Crippen molar-refractivity contribution in [1.82, 2.24) is 19.7 Å². The number of nitrogens with one attached hydrogen (secondary N) is 1. The van der Waals surface area contributed by atoms with Gasteiger partial charge in [0.25, 0.3) is 0 Å². The Bertz CT molecular complexity index is 1170. The molecule has 3 aromatic heterocycles. The number of hydrogen-bond donors (Lipinski definition) is 1. The van der Waals surface area contributed by atoms with Crippen molar-refractivity contribution in [1.29, 1.82) is 0 Å². The molecule has 1 unspecified atom stereocenters. The monoisotopic (exact) mass is 433 g/mol. The van der Waals surface area contributed by atoms with Gasteiger partial charge in [-0.15, -0.1) is 21.5 Å². The van der Waals surface area contributed by atoms with E-state index in [-0.39, 0.29) is 11.2 Å². The fraction of sp³-hybridized carbons (Fsp3) is 0.222. The first kappa shape index (κ1) is 19.0. The fourth-order valence-electron chi connectivity index (χ4n) is 2.59. The van der Waals surface area contributed by atoms with Gasteiger partial charge >= 0.3 is 0 Å². The number of nitrogens with zero attached hydrogens (tertiary/aromatic N) is 4. The molecular formula is C18H16ClN5O2S2. The highest BCUT2D eigenvalue weighted by atomic mass is 35.5. The molecule has 1 amide bonds. The minimum absolute atomic E-state index is 0.137. The molecule has 1 atom stereocenters. The molecule has 0 aliphatic rings. The van der Waals surface area contributed by atoms with E-state index in [1.807, 2.05) is 44.5 Å². The third-order valence-corrected chi connectivity index (χ3v) is 6.28. The zero-order valence-electron chi connectivity index (χ0n) is 15.3. The van der Waals surface area contributed by atoms with Crippen molar-refractivity contribution in [2.24, 2.45) is 7.05 Å². The SMILES string of the molecule is Cc1csc(NC(=O)C(C)Sc2nnc(-c3cc4cc(Cl)ccc4o3)n2C)n1. The summed E-state index contributed by atoms with van der Waals surface area (Å²) in [4.78, 5) is 16.7. The van der Waals surface area contributed by atoms with Crippen LogP contribution in [0.25, 0.3) is 22.6 Å². The minimum atomic E-state index is -0.366. The zero-order valence-corrected chi connectivity index (χ0v) is 17.7. The van der Waals surface area contributed by atoms with E-state index < -0.39 is 0 Å². The molecule has 0 saturated carbocycles. The molecule has 7 nitrogen and oxygen atoms in total. The molecule has 0 aliphatic heterocycles. The van der Waals surface area contributed by atoms with Gasteiger partial charge in [0.2, 0.25) is 5.91 Å². The molecule has 1 N–H and O–H groups in total. The van der Waals surface area contributed by atoms with E-state index in [1.54, 1.807) is 10.6 Å². The average molecular weight is 434 g/mol. The lowest BCUT2D eigenvalue weighted by atomic mass is 10.2. The number of benzene rings is 1. The maximum absolute atomic E-state index is 12.4. The summed E-state index contributed by atoms with van der Waals surface area (Å²) in [5.74, 6) is 1.04. The number of hydrogen-bond acceptors (Lipinski definition) is 7. The molecule has 4 rings (SSSR count). The van der Waals surface area contributed by atoms with Crippen molar-refractivity contribution in [3.05, 3.63) is 40.4 Å². The molecule has 0 radical (unpaired) electrons. The third kappa shape index (κ3) is 3.78. The number of rotatable bonds is 5. The van der Waals surface area contributed by atoms with Crippen LogP contribution in [0, 0.1) is 6.92 Å². The average Bonchev–Trinajstić information content (AvgIpc) is 3.34. The Labute approximate surface area is 174 Å². The Hall–Kier alpha value is -2.36. The summed E-state index contributed by atoms with van der Waals surface area (Å²) in [6.45, 7) is 3.70. The van der Waals surface area contributed by atoms with Crippen molar-refractivity contribution in [2.45, 2.75) is 24.3 Å². The van der Waals surface area contributed by atoms with Gasteiger partial charge in [-0.3, -0.25) is 4.79 Å². The topological polar surface area (TPSA) is 85.8 Å². The molecule has 0 aliphatic carbocycles. The van der Waals surface area contributed by atoms with Crippen molar-refractivity contribution in [3.63, 3.8) is 0 Å². The quantitative estimate of drug-likeness (QED) is 0.456. The lowest BCUT2D eigenvalue weighted by Gasteiger charge is -2.09. The lowest BCUT2D eigenvalue weighted by molar-refractivity contribution is -0.115. The Morgan fingerprint density at radius 1 is 1.36 bits per heavy atom. The van der Waals surface area contributed by atoms with Crippen LogP contribution in [0.2, 0.25) is 5.02 Å². The number of amides is 1. The molecule has 0 saturated heterocycles. The van der Waals surface area contributed by atoms with Gasteiger partial charge in [0, 0.05) is 22.8 Å². The summed E-state index contributed by atoms with van der Waals surface area (Å²) in [5, 5.41) is 15.5. The Morgan fingerprint density at radius 2 is 2.18 bits per heavy atom. The molecule has 0 spiro atoms. The van der Waals surface area contributed by atoms with Crippen LogP contribution >= 0.6 is 34.7 Å². The van der Waals surface area contributed by atoms with E-state index in [0.29, 0.717) is 26.9 Å². The number of furan rings is 1. The predicted molar refractivity (Wildman–Crippen MR) is 112 cm³/mol. The fourth-order valence-corrected chi connectivity index (χ4v) is 4.27. The molecule has 144 valence electrons. The van der Waals surface area contributed by atoms with Gasteiger partial charge in [-0.2, -0.15) is 0 Å². The van der Waals surface area contributed by atoms with E-state index in [0.717, 1.165) is 16.7 Å². The first-order valence-corrected chi connectivity index (χ1v) is 10.5. The highest BCUT2D eigenvalue weighted by Gasteiger charge is 2.21. The normalized spacial score (nSPS) is 12.4. The second-order valence-corrected chi connectivity index (χ2v) is 8.80. The number of anilines is 1. The Balaban J connectivity index is 1.51. The third-order valence-electron chi connectivity index (χ3n) is 4.03. The molecular weight excluding hydrogens is 418 g/mol. The van der Waals surface area contributed by atoms with Crippen LogP contribution in [0.15, 0.2) is 39.2 Å². The van der Waals surface area contributed by atoms with Gasteiger partial charge in [0.1, 0.15) is 5.58 Å². The van der Waals surface area contributed by atoms with Gasteiger partial charge in [-0.1, -0.05) is 23.4 Å². The van der Waals surface area contributed by atoms with Crippen LogP contribution in [0.1, 0.15) is 12.6 Å². The van der Waals surface area contributed by atoms with E-state index in [4.69, 9.17) is 16.0 Å². The Kier molecular flexibility index (Phi) is 5.13. The van der Waals surface area contributed by atoms with Crippen molar-refractivity contribution >= 4 is 56.7 Å². The van der Waals surface area contributed by atoms with E-state index in [2.05, 4.69) is 20.5 Å². The van der Waals surface area contributed by atoms with Gasteiger partial charge in [-0.25, -0.2) is 4.98 Å². The number of aromatic nitrogens is 4. The number of aryl methyl sites for hydroxylation is 1. The summed E-state index contributed by atoms with van der Waals surface area (Å²) in [6.07, 6.45) is 0. The number of carbonyl (C=O) groups excluding carboxylic acids is 1. The van der Waals surface area contributed by atoms with Gasteiger partial charge in [-0.05, 0) is 38.1 Å². The Morgan fingerprint density at radius 3 is 2.93 bits per heavy atom. The second-order valence-electron chi connectivity index (χ2n) is 6.20. The summed E-state index contributed by atoms with van der Waals surface area (Å²) in [7, 11) is 1.84. The van der Waals surface area contributed by atoms with Crippen LogP contribution < -0.4 is 5.32 Å². The highest BCUT2D eigenvalue weighted by Crippen LogP contribution is 2.31. The first-order valence-electron chi connectivity index (χ1n) is 8.39. The molecule has 0 fully saturated rings. The van der Waals surface area contributed by atoms with Crippen LogP contribution in [0.5, 0.6) is 0 Å².